The summed E-state index contributed by atoms with van der Waals surface area (Å²) in [5.74, 6) is -0.283. The van der Waals surface area contributed by atoms with Crippen LogP contribution in [0.25, 0.3) is 0 Å². The fourth-order valence-electron chi connectivity index (χ4n) is 2.27. The maximum Gasteiger partial charge on any atom is 0.311 e. The van der Waals surface area contributed by atoms with Crippen LogP contribution in [0.4, 0.5) is 5.69 Å². The highest BCUT2D eigenvalue weighted by molar-refractivity contribution is 5.95. The van der Waals surface area contributed by atoms with E-state index in [-0.39, 0.29) is 23.0 Å². The Balaban J connectivity index is 2.22. The SMILES string of the molecule is COc1ccc(C(=O)NC(C)c2cnn(C)c2C)cc1[N+](=O)[O-]. The molecule has 1 amide bonds. The van der Waals surface area contributed by atoms with E-state index in [0.717, 1.165) is 11.3 Å². The maximum absolute atomic E-state index is 12.3. The third-order valence-corrected chi connectivity index (χ3v) is 3.73. The van der Waals surface area contributed by atoms with E-state index in [1.165, 1.54) is 25.3 Å². The molecule has 8 heteroatoms. The summed E-state index contributed by atoms with van der Waals surface area (Å²) in [5.41, 5.74) is 1.79. The van der Waals surface area contributed by atoms with Crippen LogP contribution in [0.3, 0.4) is 0 Å². The molecule has 0 saturated carbocycles. The van der Waals surface area contributed by atoms with Crippen LogP contribution in [0.15, 0.2) is 24.4 Å². The summed E-state index contributed by atoms with van der Waals surface area (Å²) in [6.07, 6.45) is 1.69. The lowest BCUT2D eigenvalue weighted by Gasteiger charge is -2.14. The number of carbonyl (C=O) groups is 1. The Labute approximate surface area is 133 Å². The van der Waals surface area contributed by atoms with Gasteiger partial charge in [-0.2, -0.15) is 5.10 Å². The van der Waals surface area contributed by atoms with Crippen molar-refractivity contribution in [3.8, 4) is 5.75 Å². The van der Waals surface area contributed by atoms with Crippen molar-refractivity contribution in [2.75, 3.05) is 7.11 Å². The van der Waals surface area contributed by atoms with Gasteiger partial charge in [0.05, 0.1) is 24.3 Å². The molecule has 23 heavy (non-hydrogen) atoms. The smallest absolute Gasteiger partial charge is 0.311 e. The normalized spacial score (nSPS) is 11.8. The summed E-state index contributed by atoms with van der Waals surface area (Å²) < 4.78 is 6.64. The van der Waals surface area contributed by atoms with Gasteiger partial charge in [0.15, 0.2) is 5.75 Å². The number of nitro benzene ring substituents is 1. The molecule has 0 aliphatic heterocycles. The number of carbonyl (C=O) groups excluding carboxylic acids is 1. The molecule has 1 N–H and O–H groups in total. The molecule has 1 atom stereocenters. The molecule has 0 spiro atoms. The number of amides is 1. The van der Waals surface area contributed by atoms with Crippen molar-refractivity contribution in [1.29, 1.82) is 0 Å². The number of aromatic nitrogens is 2. The van der Waals surface area contributed by atoms with Crippen LogP contribution in [0.1, 0.15) is 34.6 Å². The van der Waals surface area contributed by atoms with Gasteiger partial charge in [0.1, 0.15) is 0 Å². The van der Waals surface area contributed by atoms with Crippen LogP contribution in [-0.4, -0.2) is 27.7 Å². The van der Waals surface area contributed by atoms with Gasteiger partial charge >= 0.3 is 5.69 Å². The van der Waals surface area contributed by atoms with Crippen LogP contribution in [0.2, 0.25) is 0 Å². The van der Waals surface area contributed by atoms with E-state index in [2.05, 4.69) is 10.4 Å². The minimum Gasteiger partial charge on any atom is -0.490 e. The van der Waals surface area contributed by atoms with Gasteiger partial charge in [-0.3, -0.25) is 19.6 Å². The van der Waals surface area contributed by atoms with Crippen molar-refractivity contribution >= 4 is 11.6 Å². The number of rotatable bonds is 5. The summed E-state index contributed by atoms with van der Waals surface area (Å²) in [4.78, 5) is 22.8. The van der Waals surface area contributed by atoms with E-state index in [1.54, 1.807) is 10.9 Å². The zero-order valence-corrected chi connectivity index (χ0v) is 13.4. The average Bonchev–Trinajstić information content (AvgIpc) is 2.86. The number of ether oxygens (including phenoxy) is 1. The van der Waals surface area contributed by atoms with Gasteiger partial charge in [-0.25, -0.2) is 0 Å². The Kier molecular flexibility index (Phi) is 4.63. The molecular weight excluding hydrogens is 300 g/mol. The molecule has 0 radical (unpaired) electrons. The molecule has 2 rings (SSSR count). The van der Waals surface area contributed by atoms with Crippen LogP contribution in [0.5, 0.6) is 5.75 Å². The second kappa shape index (κ2) is 6.47. The predicted octanol–water partition coefficient (Wildman–Crippen LogP) is 2.14. The highest BCUT2D eigenvalue weighted by Gasteiger charge is 2.20. The van der Waals surface area contributed by atoms with Gasteiger partial charge in [0.2, 0.25) is 0 Å². The van der Waals surface area contributed by atoms with Gasteiger partial charge < -0.3 is 10.1 Å². The third kappa shape index (κ3) is 3.31. The highest BCUT2D eigenvalue weighted by Crippen LogP contribution is 2.27. The van der Waals surface area contributed by atoms with Gasteiger partial charge in [-0.05, 0) is 26.0 Å². The van der Waals surface area contributed by atoms with Crippen LogP contribution < -0.4 is 10.1 Å². The fraction of sp³-hybridized carbons (Fsp3) is 0.333. The van der Waals surface area contributed by atoms with E-state index in [4.69, 9.17) is 4.74 Å². The molecule has 2 aromatic rings. The minimum absolute atomic E-state index is 0.114. The Bertz CT molecular complexity index is 754. The number of aryl methyl sites for hydroxylation is 1. The summed E-state index contributed by atoms with van der Waals surface area (Å²) in [6, 6.07) is 3.84. The summed E-state index contributed by atoms with van der Waals surface area (Å²) in [7, 11) is 3.16. The number of nitro groups is 1. The van der Waals surface area contributed by atoms with Gasteiger partial charge in [0, 0.05) is 29.9 Å². The lowest BCUT2D eigenvalue weighted by atomic mass is 10.1. The van der Waals surface area contributed by atoms with Crippen molar-refractivity contribution in [1.82, 2.24) is 15.1 Å². The lowest BCUT2D eigenvalue weighted by Crippen LogP contribution is -2.27. The molecule has 8 nitrogen and oxygen atoms in total. The fourth-order valence-corrected chi connectivity index (χ4v) is 2.27. The quantitative estimate of drug-likeness (QED) is 0.672. The van der Waals surface area contributed by atoms with E-state index >= 15 is 0 Å². The molecule has 0 aliphatic carbocycles. The lowest BCUT2D eigenvalue weighted by molar-refractivity contribution is -0.385. The molecule has 1 aromatic carbocycles. The van der Waals surface area contributed by atoms with Gasteiger partial charge in [0.25, 0.3) is 5.91 Å². The summed E-state index contributed by atoms with van der Waals surface area (Å²) >= 11 is 0. The first-order valence-electron chi connectivity index (χ1n) is 6.97. The first kappa shape index (κ1) is 16.5. The Morgan fingerprint density at radius 2 is 2.17 bits per heavy atom. The number of methoxy groups -OCH3 is 1. The molecule has 0 aliphatic rings. The third-order valence-electron chi connectivity index (χ3n) is 3.73. The summed E-state index contributed by atoms with van der Waals surface area (Å²) in [6.45, 7) is 3.74. The van der Waals surface area contributed by atoms with E-state index in [0.29, 0.717) is 0 Å². The molecule has 0 fully saturated rings. The van der Waals surface area contributed by atoms with E-state index in [1.807, 2.05) is 20.9 Å². The average molecular weight is 318 g/mol. The van der Waals surface area contributed by atoms with E-state index in [9.17, 15) is 14.9 Å². The number of nitrogens with zero attached hydrogens (tertiary/aromatic N) is 3. The van der Waals surface area contributed by atoms with Crippen molar-refractivity contribution in [2.24, 2.45) is 7.05 Å². The first-order chi connectivity index (χ1) is 10.8. The zero-order valence-electron chi connectivity index (χ0n) is 13.4. The van der Waals surface area contributed by atoms with Crippen LogP contribution in [0, 0.1) is 17.0 Å². The molecule has 0 saturated heterocycles. The predicted molar refractivity (Wildman–Crippen MR) is 83.5 cm³/mol. The first-order valence-corrected chi connectivity index (χ1v) is 6.97. The van der Waals surface area contributed by atoms with Gasteiger partial charge in [-0.15, -0.1) is 0 Å². The Hall–Kier alpha value is -2.90. The van der Waals surface area contributed by atoms with Crippen molar-refractivity contribution in [2.45, 2.75) is 19.9 Å². The largest absolute Gasteiger partial charge is 0.490 e. The second-order valence-electron chi connectivity index (χ2n) is 5.15. The highest BCUT2D eigenvalue weighted by atomic mass is 16.6. The van der Waals surface area contributed by atoms with E-state index < -0.39 is 10.8 Å². The van der Waals surface area contributed by atoms with Crippen molar-refractivity contribution < 1.29 is 14.5 Å². The topological polar surface area (TPSA) is 99.3 Å². The monoisotopic (exact) mass is 318 g/mol. The molecule has 0 bridgehead atoms. The molecule has 122 valence electrons. The minimum atomic E-state index is -0.579. The van der Waals surface area contributed by atoms with Crippen LogP contribution in [-0.2, 0) is 7.05 Å². The number of nitrogens with one attached hydrogen (secondary N) is 1. The zero-order chi connectivity index (χ0) is 17.1. The number of benzene rings is 1. The molecule has 1 unspecified atom stereocenters. The number of hydrogen-bond donors (Lipinski definition) is 1. The van der Waals surface area contributed by atoms with Gasteiger partial charge in [-0.1, -0.05) is 0 Å². The maximum atomic E-state index is 12.3. The Morgan fingerprint density at radius 3 is 2.70 bits per heavy atom. The summed E-state index contributed by atoms with van der Waals surface area (Å²) in [5, 5.41) is 18.0. The number of hydrogen-bond acceptors (Lipinski definition) is 5. The van der Waals surface area contributed by atoms with Crippen molar-refractivity contribution in [3.63, 3.8) is 0 Å². The standard InChI is InChI=1S/C15H18N4O4/c1-9(12-8-16-18(3)10(12)2)17-15(20)11-5-6-14(23-4)13(7-11)19(21)22/h5-9H,1-4H3,(H,17,20). The second-order valence-corrected chi connectivity index (χ2v) is 5.15. The van der Waals surface area contributed by atoms with Crippen LogP contribution >= 0.6 is 0 Å². The molecule has 1 aromatic heterocycles. The van der Waals surface area contributed by atoms with Crippen molar-refractivity contribution in [3.05, 3.63) is 51.3 Å². The Morgan fingerprint density at radius 1 is 1.48 bits per heavy atom. The molecule has 1 heterocycles. The molecular formula is C15H18N4O4.